The van der Waals surface area contributed by atoms with E-state index >= 15 is 0 Å². The Morgan fingerprint density at radius 2 is 1.31 bits per heavy atom. The molecule has 1 aliphatic carbocycles. The lowest BCUT2D eigenvalue weighted by atomic mass is 9.91. The second-order valence-electron chi connectivity index (χ2n) is 7.57. The van der Waals surface area contributed by atoms with Crippen LogP contribution in [0.4, 0.5) is 0 Å². The first kappa shape index (κ1) is 22.0. The third-order valence-electron chi connectivity index (χ3n) is 5.64. The Hall–Kier alpha value is -1.70. The Balaban J connectivity index is 0.00000240. The Kier molecular flexibility index (Phi) is 8.27. The molecule has 2 atom stereocenters. The number of nitrogens with one attached hydrogen (secondary N) is 1. The van der Waals surface area contributed by atoms with Gasteiger partial charge in [-0.1, -0.05) is 97.8 Å². The van der Waals surface area contributed by atoms with Crippen molar-refractivity contribution >= 4 is 36.2 Å². The van der Waals surface area contributed by atoms with Crippen molar-refractivity contribution < 1.29 is 0 Å². The highest BCUT2D eigenvalue weighted by Crippen LogP contribution is 2.34. The summed E-state index contributed by atoms with van der Waals surface area (Å²) >= 11 is 0. The third-order valence-corrected chi connectivity index (χ3v) is 8.18. The van der Waals surface area contributed by atoms with Crippen LogP contribution in [0.3, 0.4) is 0 Å². The van der Waals surface area contributed by atoms with E-state index in [2.05, 4.69) is 90.2 Å². The van der Waals surface area contributed by atoms with Crippen molar-refractivity contribution in [1.29, 1.82) is 0 Å². The molecule has 0 heterocycles. The standard InChI is InChI=1S/C25H29N2P.ClH/c26-23-16-8-9-17-24(23)27-19-20-11-7-10-18-25(20)28(21-12-3-1-4-13-21)22-14-5-2-6-15-22;/h1-7,10-15,18,23-24,27H,8-9,16-17,19,26H2;1H. The number of hydrogen-bond donors (Lipinski definition) is 2. The van der Waals surface area contributed by atoms with Gasteiger partial charge in [-0.25, -0.2) is 0 Å². The predicted molar refractivity (Wildman–Crippen MR) is 129 cm³/mol. The topological polar surface area (TPSA) is 38.0 Å². The molecule has 152 valence electrons. The van der Waals surface area contributed by atoms with Crippen LogP contribution < -0.4 is 27.0 Å². The van der Waals surface area contributed by atoms with Crippen LogP contribution in [0.5, 0.6) is 0 Å². The van der Waals surface area contributed by atoms with Gasteiger partial charge in [-0.2, -0.15) is 0 Å². The molecule has 0 radical (unpaired) electrons. The molecule has 3 N–H and O–H groups in total. The summed E-state index contributed by atoms with van der Waals surface area (Å²) in [6.45, 7) is 0.882. The molecule has 2 nitrogen and oxygen atoms in total. The summed E-state index contributed by atoms with van der Waals surface area (Å²) in [7, 11) is -0.578. The SMILES string of the molecule is Cl.NC1CCCCC1NCc1ccccc1P(c1ccccc1)c1ccccc1. The van der Waals surface area contributed by atoms with E-state index in [-0.39, 0.29) is 18.4 Å². The van der Waals surface area contributed by atoms with Crippen LogP contribution in [0, 0.1) is 0 Å². The van der Waals surface area contributed by atoms with Gasteiger partial charge in [0, 0.05) is 18.6 Å². The molecule has 0 bridgehead atoms. The van der Waals surface area contributed by atoms with Gasteiger partial charge in [0.1, 0.15) is 0 Å². The molecule has 0 amide bonds. The third kappa shape index (κ3) is 5.47. The average Bonchev–Trinajstić information content (AvgIpc) is 2.76. The normalized spacial score (nSPS) is 19.0. The zero-order valence-corrected chi connectivity index (χ0v) is 18.4. The Labute approximate surface area is 182 Å². The summed E-state index contributed by atoms with van der Waals surface area (Å²) in [6, 6.07) is 31.5. The molecule has 0 saturated heterocycles. The second-order valence-corrected chi connectivity index (χ2v) is 9.76. The second kappa shape index (κ2) is 10.9. The van der Waals surface area contributed by atoms with Crippen molar-refractivity contribution in [3.8, 4) is 0 Å². The first-order valence-electron chi connectivity index (χ1n) is 10.3. The van der Waals surface area contributed by atoms with Gasteiger partial charge in [0.05, 0.1) is 0 Å². The molecule has 0 aliphatic heterocycles. The molecule has 3 aromatic carbocycles. The largest absolute Gasteiger partial charge is 0.326 e. The quantitative estimate of drug-likeness (QED) is 0.581. The van der Waals surface area contributed by atoms with Gasteiger partial charge in [0.2, 0.25) is 0 Å². The average molecular weight is 425 g/mol. The summed E-state index contributed by atoms with van der Waals surface area (Å²) in [4.78, 5) is 0. The first-order chi connectivity index (χ1) is 13.8. The van der Waals surface area contributed by atoms with E-state index < -0.39 is 7.92 Å². The van der Waals surface area contributed by atoms with Crippen LogP contribution >= 0.6 is 20.3 Å². The molecule has 29 heavy (non-hydrogen) atoms. The number of nitrogens with two attached hydrogens (primary N) is 1. The minimum atomic E-state index is -0.578. The lowest BCUT2D eigenvalue weighted by Crippen LogP contribution is -2.47. The lowest BCUT2D eigenvalue weighted by Gasteiger charge is -2.30. The van der Waals surface area contributed by atoms with Gasteiger partial charge < -0.3 is 11.1 Å². The molecule has 1 aliphatic rings. The monoisotopic (exact) mass is 424 g/mol. The summed E-state index contributed by atoms with van der Waals surface area (Å²) in [5.41, 5.74) is 7.75. The molecule has 4 rings (SSSR count). The summed E-state index contributed by atoms with van der Waals surface area (Å²) in [6.07, 6.45) is 4.88. The van der Waals surface area contributed by atoms with Gasteiger partial charge in [-0.05, 0) is 42.2 Å². The number of benzene rings is 3. The van der Waals surface area contributed by atoms with E-state index in [9.17, 15) is 0 Å². The van der Waals surface area contributed by atoms with Crippen molar-refractivity contribution in [3.05, 3.63) is 90.5 Å². The fourth-order valence-electron chi connectivity index (χ4n) is 4.11. The number of hydrogen-bond acceptors (Lipinski definition) is 2. The Morgan fingerprint density at radius 1 is 0.759 bits per heavy atom. The zero-order valence-electron chi connectivity index (χ0n) is 16.7. The Morgan fingerprint density at radius 3 is 1.93 bits per heavy atom. The smallest absolute Gasteiger partial charge is 0.0222 e. The number of rotatable bonds is 6. The molecular formula is C25H30ClN2P. The van der Waals surface area contributed by atoms with Crippen LogP contribution in [0.15, 0.2) is 84.9 Å². The van der Waals surface area contributed by atoms with Crippen LogP contribution in [0.2, 0.25) is 0 Å². The van der Waals surface area contributed by atoms with Crippen LogP contribution in [-0.4, -0.2) is 12.1 Å². The minimum absolute atomic E-state index is 0. The molecule has 3 aromatic rings. The molecular weight excluding hydrogens is 395 g/mol. The fraction of sp³-hybridized carbons (Fsp3) is 0.280. The van der Waals surface area contributed by atoms with Crippen molar-refractivity contribution in [3.63, 3.8) is 0 Å². The minimum Gasteiger partial charge on any atom is -0.326 e. The van der Waals surface area contributed by atoms with Crippen molar-refractivity contribution in [2.45, 2.75) is 44.3 Å². The molecule has 1 saturated carbocycles. The predicted octanol–water partition coefficient (Wildman–Crippen LogP) is 4.23. The van der Waals surface area contributed by atoms with Crippen LogP contribution in [-0.2, 0) is 6.54 Å². The molecule has 0 aromatic heterocycles. The van der Waals surface area contributed by atoms with Gasteiger partial charge in [0.15, 0.2) is 0 Å². The maximum absolute atomic E-state index is 6.36. The van der Waals surface area contributed by atoms with Gasteiger partial charge in [-0.3, -0.25) is 0 Å². The van der Waals surface area contributed by atoms with Gasteiger partial charge >= 0.3 is 0 Å². The van der Waals surface area contributed by atoms with Crippen LogP contribution in [0.1, 0.15) is 31.2 Å². The molecule has 4 heteroatoms. The van der Waals surface area contributed by atoms with E-state index in [1.54, 1.807) is 0 Å². The van der Waals surface area contributed by atoms with E-state index in [1.807, 2.05) is 0 Å². The van der Waals surface area contributed by atoms with E-state index in [4.69, 9.17) is 5.73 Å². The summed E-state index contributed by atoms with van der Waals surface area (Å²) < 4.78 is 0. The van der Waals surface area contributed by atoms with E-state index in [0.717, 1.165) is 13.0 Å². The van der Waals surface area contributed by atoms with Crippen molar-refractivity contribution in [2.75, 3.05) is 0 Å². The van der Waals surface area contributed by atoms with E-state index in [1.165, 1.54) is 40.7 Å². The molecule has 2 unspecified atom stereocenters. The maximum atomic E-state index is 6.36. The highest BCUT2D eigenvalue weighted by atomic mass is 35.5. The van der Waals surface area contributed by atoms with Gasteiger partial charge in [0.25, 0.3) is 0 Å². The number of halogens is 1. The zero-order chi connectivity index (χ0) is 19.2. The lowest BCUT2D eigenvalue weighted by molar-refractivity contribution is 0.327. The molecule has 0 spiro atoms. The highest BCUT2D eigenvalue weighted by molar-refractivity contribution is 7.79. The van der Waals surface area contributed by atoms with Gasteiger partial charge in [-0.15, -0.1) is 12.4 Å². The van der Waals surface area contributed by atoms with Crippen molar-refractivity contribution in [2.24, 2.45) is 5.73 Å². The maximum Gasteiger partial charge on any atom is 0.0222 e. The first-order valence-corrected chi connectivity index (χ1v) is 11.6. The summed E-state index contributed by atoms with van der Waals surface area (Å²) in [5.74, 6) is 0. The highest BCUT2D eigenvalue weighted by Gasteiger charge is 2.23. The summed E-state index contributed by atoms with van der Waals surface area (Å²) in [5, 5.41) is 8.00. The fourth-order valence-corrected chi connectivity index (χ4v) is 6.58. The molecule has 1 fully saturated rings. The van der Waals surface area contributed by atoms with Crippen LogP contribution in [0.25, 0.3) is 0 Å². The van der Waals surface area contributed by atoms with Crippen molar-refractivity contribution in [1.82, 2.24) is 5.32 Å². The van der Waals surface area contributed by atoms with E-state index in [0.29, 0.717) is 6.04 Å². The Bertz CT molecular complexity index is 833.